The first-order valence-electron chi connectivity index (χ1n) is 6.69. The second kappa shape index (κ2) is 5.28. The Kier molecular flexibility index (Phi) is 3.31. The zero-order chi connectivity index (χ0) is 14.8. The summed E-state index contributed by atoms with van der Waals surface area (Å²) in [5.41, 5.74) is 7.43. The van der Waals surface area contributed by atoms with Gasteiger partial charge in [0.15, 0.2) is 0 Å². The number of hydrogen-bond donors (Lipinski definition) is 2. The maximum absolute atomic E-state index is 8.80. The van der Waals surface area contributed by atoms with Gasteiger partial charge in [-0.25, -0.2) is 9.97 Å². The molecule has 0 aliphatic rings. The fraction of sp³-hybridized carbons (Fsp3) is 0.214. The van der Waals surface area contributed by atoms with E-state index in [1.807, 2.05) is 46.5 Å². The predicted octanol–water partition coefficient (Wildman–Crippen LogP) is 1.53. The molecule has 1 aromatic carbocycles. The maximum atomic E-state index is 8.80. The monoisotopic (exact) mass is 284 g/mol. The van der Waals surface area contributed by atoms with E-state index < -0.39 is 0 Å². The molecule has 0 bridgehead atoms. The number of nitrogens with zero attached hydrogens (tertiary/aromatic N) is 5. The smallest absolute Gasteiger partial charge is 0.215 e. The lowest BCUT2D eigenvalue weighted by Gasteiger charge is -2.10. The number of rotatable bonds is 4. The summed E-state index contributed by atoms with van der Waals surface area (Å²) in [7, 11) is 0. The third-order valence-electron chi connectivity index (χ3n) is 3.33. The van der Waals surface area contributed by atoms with Crippen molar-refractivity contribution >= 4 is 16.9 Å². The molecule has 7 nitrogen and oxygen atoms in total. The molecule has 3 rings (SSSR count). The van der Waals surface area contributed by atoms with Crippen molar-refractivity contribution in [2.75, 3.05) is 0 Å². The fourth-order valence-electron chi connectivity index (χ4n) is 2.37. The Hall–Kier alpha value is -2.83. The van der Waals surface area contributed by atoms with Crippen LogP contribution in [0.15, 0.2) is 41.8 Å². The molecule has 21 heavy (non-hydrogen) atoms. The number of aryl methyl sites for hydroxylation is 1. The van der Waals surface area contributed by atoms with Gasteiger partial charge >= 0.3 is 0 Å². The molecule has 0 saturated carbocycles. The Morgan fingerprint density at radius 1 is 1.38 bits per heavy atom. The van der Waals surface area contributed by atoms with Crippen LogP contribution < -0.4 is 5.73 Å². The van der Waals surface area contributed by atoms with Crippen LogP contribution in [0.4, 0.5) is 0 Å². The third-order valence-corrected chi connectivity index (χ3v) is 3.33. The van der Waals surface area contributed by atoms with E-state index in [1.165, 1.54) is 0 Å². The van der Waals surface area contributed by atoms with Crippen LogP contribution in [0.1, 0.15) is 12.7 Å². The average molecular weight is 284 g/mol. The highest BCUT2D eigenvalue weighted by atomic mass is 16.4. The number of amidine groups is 1. The van der Waals surface area contributed by atoms with Gasteiger partial charge < -0.3 is 15.5 Å². The lowest BCUT2D eigenvalue weighted by atomic mass is 10.3. The lowest BCUT2D eigenvalue weighted by molar-refractivity contribution is 0.317. The first-order chi connectivity index (χ1) is 10.2. The average Bonchev–Trinajstić information content (AvgIpc) is 3.09. The topological polar surface area (TPSA) is 94.2 Å². The van der Waals surface area contributed by atoms with Crippen molar-refractivity contribution in [2.45, 2.75) is 19.9 Å². The van der Waals surface area contributed by atoms with Gasteiger partial charge in [0.2, 0.25) is 5.95 Å². The van der Waals surface area contributed by atoms with Crippen molar-refractivity contribution in [2.24, 2.45) is 10.9 Å². The first-order valence-corrected chi connectivity index (χ1v) is 6.69. The molecule has 2 aromatic heterocycles. The molecule has 0 fully saturated rings. The predicted molar refractivity (Wildman–Crippen MR) is 79.6 cm³/mol. The van der Waals surface area contributed by atoms with Crippen LogP contribution in [0.25, 0.3) is 17.0 Å². The van der Waals surface area contributed by atoms with E-state index in [4.69, 9.17) is 10.9 Å². The number of nitrogens with two attached hydrogens (primary N) is 1. The van der Waals surface area contributed by atoms with Gasteiger partial charge in [-0.05, 0) is 19.1 Å². The lowest BCUT2D eigenvalue weighted by Crippen LogP contribution is -2.18. The van der Waals surface area contributed by atoms with E-state index in [1.54, 1.807) is 6.20 Å². The summed E-state index contributed by atoms with van der Waals surface area (Å²) in [5, 5.41) is 11.8. The van der Waals surface area contributed by atoms with Crippen molar-refractivity contribution in [3.05, 3.63) is 42.5 Å². The minimum absolute atomic E-state index is 0.112. The molecule has 0 spiro atoms. The Balaban J connectivity index is 2.25. The van der Waals surface area contributed by atoms with Crippen LogP contribution in [0.5, 0.6) is 0 Å². The first kappa shape index (κ1) is 13.2. The van der Waals surface area contributed by atoms with E-state index in [0.29, 0.717) is 5.82 Å². The van der Waals surface area contributed by atoms with Crippen molar-refractivity contribution in [1.82, 2.24) is 19.1 Å². The molecule has 3 N–H and O–H groups in total. The highest BCUT2D eigenvalue weighted by molar-refractivity contribution is 5.84. The van der Waals surface area contributed by atoms with Gasteiger partial charge in [-0.3, -0.25) is 4.57 Å². The van der Waals surface area contributed by atoms with Gasteiger partial charge in [-0.1, -0.05) is 17.3 Å². The molecular formula is C14H16N6O. The summed E-state index contributed by atoms with van der Waals surface area (Å²) in [6, 6.07) is 7.79. The number of imidazole rings is 2. The molecule has 0 radical (unpaired) electrons. The molecular weight excluding hydrogens is 268 g/mol. The van der Waals surface area contributed by atoms with Gasteiger partial charge in [-0.2, -0.15) is 0 Å². The molecule has 7 heteroatoms. The summed E-state index contributed by atoms with van der Waals surface area (Å²) in [6.45, 7) is 2.85. The number of aromatic nitrogens is 4. The van der Waals surface area contributed by atoms with E-state index in [9.17, 15) is 0 Å². The summed E-state index contributed by atoms with van der Waals surface area (Å²) in [6.07, 6.45) is 3.92. The summed E-state index contributed by atoms with van der Waals surface area (Å²) < 4.78 is 3.96. The van der Waals surface area contributed by atoms with Gasteiger partial charge in [0.05, 0.1) is 17.5 Å². The van der Waals surface area contributed by atoms with Crippen molar-refractivity contribution in [3.8, 4) is 5.95 Å². The van der Waals surface area contributed by atoms with Gasteiger partial charge in [0.25, 0.3) is 0 Å². The fourth-order valence-corrected chi connectivity index (χ4v) is 2.37. The van der Waals surface area contributed by atoms with E-state index in [-0.39, 0.29) is 12.3 Å². The molecule has 0 aliphatic heterocycles. The van der Waals surface area contributed by atoms with Crippen LogP contribution in [0.2, 0.25) is 0 Å². The van der Waals surface area contributed by atoms with E-state index >= 15 is 0 Å². The van der Waals surface area contributed by atoms with Crippen molar-refractivity contribution in [3.63, 3.8) is 0 Å². The van der Waals surface area contributed by atoms with Crippen LogP contribution in [0, 0.1) is 0 Å². The summed E-state index contributed by atoms with van der Waals surface area (Å²) in [5.74, 6) is 1.57. The van der Waals surface area contributed by atoms with Crippen LogP contribution in [-0.4, -0.2) is 30.1 Å². The Labute approximate surface area is 121 Å². The highest BCUT2D eigenvalue weighted by Gasteiger charge is 2.16. The third kappa shape index (κ3) is 2.22. The van der Waals surface area contributed by atoms with Gasteiger partial charge in [0.1, 0.15) is 11.7 Å². The van der Waals surface area contributed by atoms with E-state index in [2.05, 4.69) is 15.1 Å². The molecule has 0 aliphatic carbocycles. The molecule has 0 amide bonds. The molecule has 3 aromatic rings. The number of hydrogen-bond acceptors (Lipinski definition) is 4. The van der Waals surface area contributed by atoms with Crippen molar-refractivity contribution in [1.29, 1.82) is 0 Å². The minimum Gasteiger partial charge on any atom is -0.409 e. The molecule has 108 valence electrons. The normalized spacial score (nSPS) is 12.1. The van der Waals surface area contributed by atoms with E-state index in [0.717, 1.165) is 23.5 Å². The Morgan fingerprint density at radius 2 is 2.19 bits per heavy atom. The van der Waals surface area contributed by atoms with Crippen molar-refractivity contribution < 1.29 is 5.21 Å². The van der Waals surface area contributed by atoms with Crippen LogP contribution >= 0.6 is 0 Å². The zero-order valence-electron chi connectivity index (χ0n) is 11.6. The standard InChI is InChI=1S/C14H16N6O/c1-2-19-8-7-16-14(19)20-11-6-4-3-5-10(11)17-13(20)9-12(15)18-21/h3-8,21H,2,9H2,1H3,(H2,15,18). The Morgan fingerprint density at radius 3 is 2.95 bits per heavy atom. The molecule has 0 unspecified atom stereocenters. The van der Waals surface area contributed by atoms with Gasteiger partial charge in [-0.15, -0.1) is 0 Å². The second-order valence-electron chi connectivity index (χ2n) is 4.63. The van der Waals surface area contributed by atoms with Gasteiger partial charge in [0, 0.05) is 18.9 Å². The second-order valence-corrected chi connectivity index (χ2v) is 4.63. The highest BCUT2D eigenvalue weighted by Crippen LogP contribution is 2.21. The SMILES string of the molecule is CCn1ccnc1-n1c(CC(N)=NO)nc2ccccc21. The largest absolute Gasteiger partial charge is 0.409 e. The molecule has 2 heterocycles. The summed E-state index contributed by atoms with van der Waals surface area (Å²) in [4.78, 5) is 8.99. The van der Waals surface area contributed by atoms with Crippen LogP contribution in [0.3, 0.4) is 0 Å². The summed E-state index contributed by atoms with van der Waals surface area (Å²) >= 11 is 0. The molecule has 0 saturated heterocycles. The molecule has 0 atom stereocenters. The number of oxime groups is 1. The zero-order valence-corrected chi connectivity index (χ0v) is 11.6. The Bertz CT molecular complexity index is 801. The number of benzene rings is 1. The minimum atomic E-state index is 0.112. The number of fused-ring (bicyclic) bond motifs is 1. The quantitative estimate of drug-likeness (QED) is 0.329. The maximum Gasteiger partial charge on any atom is 0.215 e. The number of para-hydroxylation sites is 2. The van der Waals surface area contributed by atoms with Crippen LogP contribution in [-0.2, 0) is 13.0 Å².